The van der Waals surface area contributed by atoms with E-state index in [0.29, 0.717) is 0 Å². The van der Waals surface area contributed by atoms with Crippen molar-refractivity contribution in [2.24, 2.45) is 11.8 Å². The molecule has 0 saturated carbocycles. The van der Waals surface area contributed by atoms with Gasteiger partial charge < -0.3 is 10.2 Å². The molecule has 1 unspecified atom stereocenters. The Labute approximate surface area is 108 Å². The molecule has 2 fully saturated rings. The zero-order chi connectivity index (χ0) is 12.4. The van der Waals surface area contributed by atoms with Crippen LogP contribution in [0.15, 0.2) is 24.3 Å². The van der Waals surface area contributed by atoms with Gasteiger partial charge in [-0.15, -0.1) is 0 Å². The second-order valence-electron chi connectivity index (χ2n) is 5.53. The molecule has 1 aromatic rings. The molecule has 1 N–H and O–H groups in total. The Kier molecular flexibility index (Phi) is 3.50. The molecule has 0 aromatic heterocycles. The molecule has 2 nitrogen and oxygen atoms in total. The largest absolute Gasteiger partial charge is 0.369 e. The zero-order valence-corrected chi connectivity index (χ0v) is 10.7. The van der Waals surface area contributed by atoms with E-state index >= 15 is 0 Å². The Morgan fingerprint density at radius 3 is 2.61 bits per heavy atom. The van der Waals surface area contributed by atoms with Crippen molar-refractivity contribution in [1.82, 2.24) is 5.32 Å². The van der Waals surface area contributed by atoms with E-state index in [1.807, 2.05) is 12.1 Å². The van der Waals surface area contributed by atoms with Crippen LogP contribution >= 0.6 is 0 Å². The summed E-state index contributed by atoms with van der Waals surface area (Å²) in [7, 11) is 0. The van der Waals surface area contributed by atoms with Crippen molar-refractivity contribution in [3.05, 3.63) is 30.1 Å². The first-order valence-corrected chi connectivity index (χ1v) is 7.05. The molecule has 0 spiro atoms. The summed E-state index contributed by atoms with van der Waals surface area (Å²) < 4.78 is 13.8. The van der Waals surface area contributed by atoms with E-state index in [-0.39, 0.29) is 5.82 Å². The molecule has 0 bridgehead atoms. The lowest BCUT2D eigenvalue weighted by Gasteiger charge is -2.28. The molecule has 3 heteroatoms. The lowest BCUT2D eigenvalue weighted by atomic mass is 9.84. The first kappa shape index (κ1) is 12.0. The molecule has 0 aliphatic carbocycles. The third-order valence-corrected chi connectivity index (χ3v) is 4.47. The predicted molar refractivity (Wildman–Crippen MR) is 72.3 cm³/mol. The number of piperidine rings is 1. The Balaban J connectivity index is 1.66. The molecule has 18 heavy (non-hydrogen) atoms. The van der Waals surface area contributed by atoms with E-state index in [9.17, 15) is 4.39 Å². The topological polar surface area (TPSA) is 15.3 Å². The molecule has 0 amide bonds. The summed E-state index contributed by atoms with van der Waals surface area (Å²) >= 11 is 0. The fraction of sp³-hybridized carbons (Fsp3) is 0.600. The van der Waals surface area contributed by atoms with Gasteiger partial charge in [0.15, 0.2) is 0 Å². The smallest absolute Gasteiger partial charge is 0.146 e. The average Bonchev–Trinajstić information content (AvgIpc) is 2.90. The van der Waals surface area contributed by atoms with Crippen molar-refractivity contribution in [1.29, 1.82) is 0 Å². The Morgan fingerprint density at radius 2 is 1.83 bits per heavy atom. The summed E-state index contributed by atoms with van der Waals surface area (Å²) in [6.45, 7) is 4.35. The highest BCUT2D eigenvalue weighted by Gasteiger charge is 2.31. The lowest BCUT2D eigenvalue weighted by molar-refractivity contribution is 0.276. The maximum atomic E-state index is 13.8. The highest BCUT2D eigenvalue weighted by Crippen LogP contribution is 2.33. The molecule has 2 aliphatic heterocycles. The number of benzene rings is 1. The zero-order valence-electron chi connectivity index (χ0n) is 10.7. The van der Waals surface area contributed by atoms with Crippen molar-refractivity contribution in [3.63, 3.8) is 0 Å². The van der Waals surface area contributed by atoms with Gasteiger partial charge in [-0.05, 0) is 56.3 Å². The molecule has 0 radical (unpaired) electrons. The minimum atomic E-state index is -0.0801. The molecule has 98 valence electrons. The number of halogens is 1. The number of nitrogens with one attached hydrogen (secondary N) is 1. The van der Waals surface area contributed by atoms with E-state index < -0.39 is 0 Å². The molecular weight excluding hydrogens is 227 g/mol. The summed E-state index contributed by atoms with van der Waals surface area (Å²) in [5.41, 5.74) is 0.786. The van der Waals surface area contributed by atoms with E-state index in [4.69, 9.17) is 0 Å². The predicted octanol–water partition coefficient (Wildman–Crippen LogP) is 2.65. The lowest BCUT2D eigenvalue weighted by Crippen LogP contribution is -2.33. The number of hydrogen-bond donors (Lipinski definition) is 1. The van der Waals surface area contributed by atoms with Crippen LogP contribution in [0.1, 0.15) is 19.3 Å². The Morgan fingerprint density at radius 1 is 1.06 bits per heavy atom. The highest BCUT2D eigenvalue weighted by molar-refractivity contribution is 5.48. The van der Waals surface area contributed by atoms with Crippen LogP contribution in [-0.4, -0.2) is 26.2 Å². The summed E-state index contributed by atoms with van der Waals surface area (Å²) in [5.74, 6) is 1.51. The second-order valence-corrected chi connectivity index (χ2v) is 5.53. The fourth-order valence-corrected chi connectivity index (χ4v) is 3.41. The van der Waals surface area contributed by atoms with Crippen molar-refractivity contribution >= 4 is 5.69 Å². The molecule has 1 aromatic carbocycles. The van der Waals surface area contributed by atoms with Crippen molar-refractivity contribution in [2.75, 3.05) is 31.1 Å². The summed E-state index contributed by atoms with van der Waals surface area (Å²) in [6.07, 6.45) is 3.80. The first-order valence-electron chi connectivity index (χ1n) is 7.05. The van der Waals surface area contributed by atoms with Crippen LogP contribution in [-0.2, 0) is 0 Å². The van der Waals surface area contributed by atoms with Crippen molar-refractivity contribution in [3.8, 4) is 0 Å². The third-order valence-electron chi connectivity index (χ3n) is 4.47. The van der Waals surface area contributed by atoms with Crippen molar-refractivity contribution in [2.45, 2.75) is 19.3 Å². The molecule has 1 atom stereocenters. The maximum Gasteiger partial charge on any atom is 0.146 e. The van der Waals surface area contributed by atoms with Crippen LogP contribution in [0.2, 0.25) is 0 Å². The second kappa shape index (κ2) is 5.27. The van der Waals surface area contributed by atoms with Gasteiger partial charge in [-0.1, -0.05) is 12.1 Å². The highest BCUT2D eigenvalue weighted by atomic mass is 19.1. The van der Waals surface area contributed by atoms with Gasteiger partial charge in [0, 0.05) is 13.1 Å². The standard InChI is InChI=1S/C15H21FN2/c16-14-3-1-2-4-15(14)18-10-7-13(11-18)12-5-8-17-9-6-12/h1-4,12-13,17H,5-11H2. The molecule has 2 saturated heterocycles. The number of nitrogens with zero attached hydrogens (tertiary/aromatic N) is 1. The minimum Gasteiger partial charge on any atom is -0.369 e. The monoisotopic (exact) mass is 248 g/mol. The quantitative estimate of drug-likeness (QED) is 0.865. The van der Waals surface area contributed by atoms with Gasteiger partial charge >= 0.3 is 0 Å². The van der Waals surface area contributed by atoms with Crippen LogP contribution in [0.3, 0.4) is 0 Å². The van der Waals surface area contributed by atoms with E-state index in [0.717, 1.165) is 43.7 Å². The average molecular weight is 248 g/mol. The van der Waals surface area contributed by atoms with Crippen molar-refractivity contribution < 1.29 is 4.39 Å². The number of para-hydroxylation sites is 1. The van der Waals surface area contributed by atoms with E-state index in [1.54, 1.807) is 12.1 Å². The van der Waals surface area contributed by atoms with Gasteiger partial charge in [0.1, 0.15) is 5.82 Å². The molecule has 2 heterocycles. The van der Waals surface area contributed by atoms with E-state index in [2.05, 4.69) is 10.2 Å². The van der Waals surface area contributed by atoms with Gasteiger partial charge in [0.05, 0.1) is 5.69 Å². The van der Waals surface area contributed by atoms with Gasteiger partial charge in [-0.25, -0.2) is 4.39 Å². The molecule has 3 rings (SSSR count). The SMILES string of the molecule is Fc1ccccc1N1CCC(C2CCNCC2)C1. The number of anilines is 1. The van der Waals surface area contributed by atoms with Crippen LogP contribution < -0.4 is 10.2 Å². The van der Waals surface area contributed by atoms with Crippen LogP contribution in [0.5, 0.6) is 0 Å². The number of hydrogen-bond acceptors (Lipinski definition) is 2. The molecular formula is C15H21FN2. The molecule has 2 aliphatic rings. The first-order chi connectivity index (χ1) is 8.84. The van der Waals surface area contributed by atoms with Crippen LogP contribution in [0, 0.1) is 17.7 Å². The third kappa shape index (κ3) is 2.37. The summed E-state index contributed by atoms with van der Waals surface area (Å²) in [6, 6.07) is 7.16. The normalized spacial score (nSPS) is 25.6. The van der Waals surface area contributed by atoms with Gasteiger partial charge in [0.2, 0.25) is 0 Å². The fourth-order valence-electron chi connectivity index (χ4n) is 3.41. The van der Waals surface area contributed by atoms with Gasteiger partial charge in [-0.2, -0.15) is 0 Å². The summed E-state index contributed by atoms with van der Waals surface area (Å²) in [5, 5.41) is 3.42. The maximum absolute atomic E-state index is 13.8. The van der Waals surface area contributed by atoms with Crippen LogP contribution in [0.4, 0.5) is 10.1 Å². The van der Waals surface area contributed by atoms with Gasteiger partial charge in [-0.3, -0.25) is 0 Å². The Hall–Kier alpha value is -1.09. The van der Waals surface area contributed by atoms with Crippen LogP contribution in [0.25, 0.3) is 0 Å². The Bertz CT molecular complexity index is 401. The van der Waals surface area contributed by atoms with E-state index in [1.165, 1.54) is 19.3 Å². The minimum absolute atomic E-state index is 0.0801. The number of rotatable bonds is 2. The van der Waals surface area contributed by atoms with Gasteiger partial charge in [0.25, 0.3) is 0 Å². The summed E-state index contributed by atoms with van der Waals surface area (Å²) in [4.78, 5) is 2.22.